The summed E-state index contributed by atoms with van der Waals surface area (Å²) >= 11 is 6.31. The van der Waals surface area contributed by atoms with Crippen LogP contribution in [0.1, 0.15) is 45.9 Å². The van der Waals surface area contributed by atoms with Gasteiger partial charge in [0.2, 0.25) is 5.28 Å². The van der Waals surface area contributed by atoms with Gasteiger partial charge in [-0.3, -0.25) is 13.9 Å². The number of nitrogens with one attached hydrogen (secondary N) is 2. The number of nitrogens with zero attached hydrogens (tertiary/aromatic N) is 4. The fraction of sp³-hybridized carbons (Fsp3) is 0.438. The molecule has 3 heterocycles. The van der Waals surface area contributed by atoms with Gasteiger partial charge in [0.05, 0.1) is 25.1 Å². The number of hydrogen-bond donors (Lipinski definition) is 3. The molecule has 1 fully saturated rings. The van der Waals surface area contributed by atoms with Gasteiger partial charge in [-0.2, -0.15) is 15.1 Å². The maximum absolute atomic E-state index is 16.6. The third-order valence-electron chi connectivity index (χ3n) is 8.00. The lowest BCUT2D eigenvalue weighted by atomic mass is 9.78. The Bertz CT molecular complexity index is 1740. The Morgan fingerprint density at radius 2 is 1.83 bits per heavy atom. The maximum atomic E-state index is 16.6. The first-order valence-corrected chi connectivity index (χ1v) is 17.5. The summed E-state index contributed by atoms with van der Waals surface area (Å²) in [5, 5.41) is 5.82. The van der Waals surface area contributed by atoms with Crippen LogP contribution in [0.25, 0.3) is 11.2 Å². The fourth-order valence-electron chi connectivity index (χ4n) is 5.42. The number of halogens is 2. The molecular formula is C32H40ClFN7O6P. The molecule has 16 heteroatoms. The minimum Gasteiger partial charge on any atom is -0.462 e. The number of carbonyl (C=O) groups excluding carboxylic acids is 1. The molecule has 0 spiro atoms. The average molecular weight is 704 g/mol. The van der Waals surface area contributed by atoms with Crippen LogP contribution in [-0.4, -0.2) is 63.1 Å². The predicted octanol–water partition coefficient (Wildman–Crippen LogP) is 5.82. The third-order valence-corrected chi connectivity index (χ3v) is 9.81. The van der Waals surface area contributed by atoms with Crippen molar-refractivity contribution in [3.05, 3.63) is 77.8 Å². The summed E-state index contributed by atoms with van der Waals surface area (Å²) in [6, 6.07) is 17.0. The number of hydrogen-bond acceptors (Lipinski definition) is 11. The molecule has 258 valence electrons. The number of ether oxygens (including phenoxy) is 2. The quantitative estimate of drug-likeness (QED) is 0.0774. The number of carbonyl (C=O) groups is 1. The van der Waals surface area contributed by atoms with Crippen LogP contribution < -0.4 is 20.7 Å². The second-order valence-electron chi connectivity index (χ2n) is 12.0. The van der Waals surface area contributed by atoms with Gasteiger partial charge in [-0.1, -0.05) is 55.5 Å². The Balaban J connectivity index is 1.40. The van der Waals surface area contributed by atoms with E-state index in [1.165, 1.54) is 17.8 Å². The minimum atomic E-state index is -4.26. The molecule has 1 saturated heterocycles. The molecule has 0 aliphatic carbocycles. The van der Waals surface area contributed by atoms with E-state index in [0.29, 0.717) is 17.9 Å². The second kappa shape index (κ2) is 15.3. The van der Waals surface area contributed by atoms with Gasteiger partial charge in [-0.15, -0.1) is 0 Å². The lowest BCUT2D eigenvalue weighted by Crippen LogP contribution is -2.41. The predicted molar refractivity (Wildman–Crippen MR) is 179 cm³/mol. The lowest BCUT2D eigenvalue weighted by Gasteiger charge is -2.32. The van der Waals surface area contributed by atoms with E-state index in [-0.39, 0.29) is 36.3 Å². The number of fused-ring (bicyclic) bond motifs is 1. The number of esters is 1. The molecule has 2 aromatic carbocycles. The monoisotopic (exact) mass is 703 g/mol. The summed E-state index contributed by atoms with van der Waals surface area (Å²) in [7, 11) is -4.26. The Labute approximate surface area is 283 Å². The third kappa shape index (κ3) is 8.13. The van der Waals surface area contributed by atoms with Gasteiger partial charge in [0.1, 0.15) is 11.8 Å². The molecule has 4 aromatic rings. The van der Waals surface area contributed by atoms with Crippen LogP contribution in [0.5, 0.6) is 5.75 Å². The minimum absolute atomic E-state index is 0.0620. The van der Waals surface area contributed by atoms with E-state index in [4.69, 9.17) is 35.9 Å². The summed E-state index contributed by atoms with van der Waals surface area (Å²) in [4.78, 5) is 25.7. The van der Waals surface area contributed by atoms with Crippen LogP contribution in [0, 0.1) is 5.41 Å². The van der Waals surface area contributed by atoms with Crippen molar-refractivity contribution in [1.29, 1.82) is 0 Å². The number of anilines is 1. The van der Waals surface area contributed by atoms with Crippen molar-refractivity contribution < 1.29 is 32.3 Å². The van der Waals surface area contributed by atoms with Crippen molar-refractivity contribution in [2.45, 2.75) is 71.3 Å². The molecule has 0 amide bonds. The molecule has 1 aliphatic heterocycles. The van der Waals surface area contributed by atoms with Crippen molar-refractivity contribution in [3.63, 3.8) is 0 Å². The number of para-hydroxylation sites is 1. The van der Waals surface area contributed by atoms with Crippen LogP contribution in [0.15, 0.2) is 67.0 Å². The van der Waals surface area contributed by atoms with Crippen molar-refractivity contribution in [1.82, 2.24) is 24.6 Å². The van der Waals surface area contributed by atoms with E-state index in [1.807, 2.05) is 30.3 Å². The van der Waals surface area contributed by atoms with E-state index in [9.17, 15) is 9.36 Å². The van der Waals surface area contributed by atoms with Gasteiger partial charge in [0, 0.05) is 12.0 Å². The number of rotatable bonds is 15. The highest BCUT2D eigenvalue weighted by molar-refractivity contribution is 7.52. The van der Waals surface area contributed by atoms with E-state index >= 15 is 4.39 Å². The molecule has 48 heavy (non-hydrogen) atoms. The summed E-state index contributed by atoms with van der Waals surface area (Å²) in [5.74, 6) is -0.0419. The molecule has 1 aliphatic rings. The van der Waals surface area contributed by atoms with Gasteiger partial charge in [0.15, 0.2) is 29.4 Å². The first-order valence-electron chi connectivity index (χ1n) is 15.6. The molecule has 3 unspecified atom stereocenters. The average Bonchev–Trinajstić information content (AvgIpc) is 3.57. The van der Waals surface area contributed by atoms with Crippen LogP contribution in [0.2, 0.25) is 5.28 Å². The SMILES string of the molecule is CC(C)OC(=O)[C@H](C)NP(=O)(OC[C@H]1O[C@@H](n2cnc3c(NCc4ccccc4)nc(Cl)nc32)C(F)C1(C)CCN)Oc1ccccc1. The molecule has 0 saturated carbocycles. The van der Waals surface area contributed by atoms with Gasteiger partial charge >= 0.3 is 13.7 Å². The van der Waals surface area contributed by atoms with Gasteiger partial charge in [0.25, 0.3) is 0 Å². The maximum Gasteiger partial charge on any atom is 0.459 e. The van der Waals surface area contributed by atoms with Crippen LogP contribution in [-0.2, 0) is 29.9 Å². The number of benzene rings is 2. The summed E-state index contributed by atoms with van der Waals surface area (Å²) in [6.07, 6.45) is -2.56. The summed E-state index contributed by atoms with van der Waals surface area (Å²) in [6.45, 7) is 6.78. The highest BCUT2D eigenvalue weighted by Crippen LogP contribution is 2.51. The summed E-state index contributed by atoms with van der Waals surface area (Å²) in [5.41, 5.74) is 6.39. The van der Waals surface area contributed by atoms with E-state index in [2.05, 4.69) is 25.4 Å². The van der Waals surface area contributed by atoms with Crippen molar-refractivity contribution >= 4 is 42.3 Å². The Kier molecular flexibility index (Phi) is 11.3. The van der Waals surface area contributed by atoms with E-state index < -0.39 is 49.8 Å². The van der Waals surface area contributed by atoms with E-state index in [1.54, 1.807) is 51.1 Å². The van der Waals surface area contributed by atoms with Gasteiger partial charge < -0.3 is 25.0 Å². The van der Waals surface area contributed by atoms with Crippen molar-refractivity contribution in [3.8, 4) is 5.75 Å². The first kappa shape index (κ1) is 35.7. The zero-order valence-electron chi connectivity index (χ0n) is 27.1. The fourth-order valence-corrected chi connectivity index (χ4v) is 7.08. The normalized spacial score (nSPS) is 22.8. The highest BCUT2D eigenvalue weighted by atomic mass is 35.5. The Morgan fingerprint density at radius 1 is 1.15 bits per heavy atom. The molecule has 4 N–H and O–H groups in total. The van der Waals surface area contributed by atoms with Crippen molar-refractivity contribution in [2.75, 3.05) is 18.5 Å². The lowest BCUT2D eigenvalue weighted by molar-refractivity contribution is -0.149. The number of nitrogens with two attached hydrogens (primary N) is 1. The van der Waals surface area contributed by atoms with Crippen molar-refractivity contribution in [2.24, 2.45) is 11.1 Å². The van der Waals surface area contributed by atoms with Gasteiger partial charge in [-0.25, -0.2) is 13.9 Å². The zero-order chi connectivity index (χ0) is 34.5. The molecule has 5 rings (SSSR count). The molecule has 13 nitrogen and oxygen atoms in total. The smallest absolute Gasteiger partial charge is 0.459 e. The largest absolute Gasteiger partial charge is 0.462 e. The summed E-state index contributed by atoms with van der Waals surface area (Å²) < 4.78 is 55.4. The van der Waals surface area contributed by atoms with Crippen LogP contribution in [0.4, 0.5) is 10.2 Å². The topological polar surface area (TPSA) is 165 Å². The van der Waals surface area contributed by atoms with Crippen LogP contribution >= 0.6 is 19.3 Å². The highest BCUT2D eigenvalue weighted by Gasteiger charge is 2.55. The molecule has 2 aromatic heterocycles. The molecule has 0 radical (unpaired) electrons. The molecule has 6 atom stereocenters. The number of imidazole rings is 1. The Morgan fingerprint density at radius 3 is 2.50 bits per heavy atom. The number of aromatic nitrogens is 4. The standard InChI is InChI=1S/C32H40ClFN7O6P/c1-20(2)45-30(42)21(3)40-48(43,47-23-13-9-6-10-14-23)44-18-24-32(4,15-16-35)26(34)29(46-24)41-19-37-25-27(38-31(33)39-28(25)41)36-17-22-11-7-5-8-12-22/h5-14,19-21,24,26,29H,15-18,35H2,1-4H3,(H,40,43)(H,36,38,39)/t21-,24+,26?,29+,32?,48?/m0/s1. The molecule has 0 bridgehead atoms. The Hall–Kier alpha value is -3.65. The van der Waals surface area contributed by atoms with Crippen LogP contribution in [0.3, 0.4) is 0 Å². The first-order chi connectivity index (χ1) is 22.9. The second-order valence-corrected chi connectivity index (χ2v) is 14.0. The van der Waals surface area contributed by atoms with E-state index in [0.717, 1.165) is 5.56 Å². The molecular weight excluding hydrogens is 664 g/mol. The number of alkyl halides is 1. The van der Waals surface area contributed by atoms with Gasteiger partial charge in [-0.05, 0) is 63.0 Å². The zero-order valence-corrected chi connectivity index (χ0v) is 28.7.